The fraction of sp³-hybridized carbons (Fsp3) is 0.188. The number of anilines is 2. The van der Waals surface area contributed by atoms with E-state index in [1.54, 1.807) is 18.2 Å². The van der Waals surface area contributed by atoms with Gasteiger partial charge in [-0.3, -0.25) is 4.79 Å². The van der Waals surface area contributed by atoms with Gasteiger partial charge in [-0.25, -0.2) is 0 Å². The minimum atomic E-state index is -0.361. The van der Waals surface area contributed by atoms with Crippen molar-refractivity contribution in [3.05, 3.63) is 58.6 Å². The Morgan fingerprint density at radius 1 is 1.05 bits per heavy atom. The Bertz CT molecular complexity index is 597. The second-order valence-corrected chi connectivity index (χ2v) is 5.49. The molecular formula is C16H16Cl2N2O. The van der Waals surface area contributed by atoms with E-state index in [1.807, 2.05) is 37.3 Å². The SMILES string of the molecule is CC[C@@H](Nc1cc(Cl)cc(Cl)c1)C(=O)Nc1ccccc1. The van der Waals surface area contributed by atoms with E-state index in [-0.39, 0.29) is 11.9 Å². The molecule has 2 rings (SSSR count). The molecule has 1 amide bonds. The topological polar surface area (TPSA) is 41.1 Å². The summed E-state index contributed by atoms with van der Waals surface area (Å²) >= 11 is 11.9. The molecule has 0 spiro atoms. The highest BCUT2D eigenvalue weighted by molar-refractivity contribution is 6.35. The minimum absolute atomic E-state index is 0.0974. The summed E-state index contributed by atoms with van der Waals surface area (Å²) in [6.07, 6.45) is 0.642. The quantitative estimate of drug-likeness (QED) is 0.828. The summed E-state index contributed by atoms with van der Waals surface area (Å²) in [5.41, 5.74) is 1.49. The van der Waals surface area contributed by atoms with Crippen molar-refractivity contribution in [3.8, 4) is 0 Å². The molecule has 0 saturated carbocycles. The first-order chi connectivity index (χ1) is 10.1. The van der Waals surface area contributed by atoms with E-state index in [1.165, 1.54) is 0 Å². The van der Waals surface area contributed by atoms with Gasteiger partial charge in [-0.15, -0.1) is 0 Å². The molecule has 0 unspecified atom stereocenters. The number of hydrogen-bond donors (Lipinski definition) is 2. The maximum atomic E-state index is 12.3. The zero-order chi connectivity index (χ0) is 15.2. The molecule has 0 fully saturated rings. The third-order valence-corrected chi connectivity index (χ3v) is 3.41. The number of benzene rings is 2. The Hall–Kier alpha value is -1.71. The average molecular weight is 323 g/mol. The van der Waals surface area contributed by atoms with Gasteiger partial charge in [0.25, 0.3) is 0 Å². The van der Waals surface area contributed by atoms with Gasteiger partial charge in [0.15, 0.2) is 0 Å². The predicted molar refractivity (Wildman–Crippen MR) is 89.2 cm³/mol. The van der Waals surface area contributed by atoms with Gasteiger partial charge in [0.2, 0.25) is 5.91 Å². The molecule has 2 aromatic rings. The smallest absolute Gasteiger partial charge is 0.246 e. The van der Waals surface area contributed by atoms with Crippen LogP contribution in [0.5, 0.6) is 0 Å². The molecule has 0 bridgehead atoms. The summed E-state index contributed by atoms with van der Waals surface area (Å²) in [5.74, 6) is -0.0974. The monoisotopic (exact) mass is 322 g/mol. The highest BCUT2D eigenvalue weighted by Gasteiger charge is 2.16. The molecule has 0 aliphatic carbocycles. The van der Waals surface area contributed by atoms with E-state index < -0.39 is 0 Å². The lowest BCUT2D eigenvalue weighted by atomic mass is 10.2. The van der Waals surface area contributed by atoms with E-state index >= 15 is 0 Å². The molecule has 1 atom stereocenters. The minimum Gasteiger partial charge on any atom is -0.374 e. The van der Waals surface area contributed by atoms with Crippen molar-refractivity contribution >= 4 is 40.5 Å². The molecule has 2 N–H and O–H groups in total. The number of rotatable bonds is 5. The van der Waals surface area contributed by atoms with Crippen LogP contribution >= 0.6 is 23.2 Å². The molecule has 0 radical (unpaired) electrons. The third-order valence-electron chi connectivity index (χ3n) is 2.97. The lowest BCUT2D eigenvalue weighted by Crippen LogP contribution is -2.34. The van der Waals surface area contributed by atoms with E-state index in [9.17, 15) is 4.79 Å². The summed E-state index contributed by atoms with van der Waals surface area (Å²) in [5, 5.41) is 7.09. The fourth-order valence-corrected chi connectivity index (χ4v) is 2.47. The van der Waals surface area contributed by atoms with E-state index in [0.717, 1.165) is 11.4 Å². The van der Waals surface area contributed by atoms with Gasteiger partial charge in [-0.05, 0) is 36.8 Å². The molecule has 110 valence electrons. The van der Waals surface area contributed by atoms with Gasteiger partial charge in [0.05, 0.1) is 0 Å². The first kappa shape index (κ1) is 15.7. The van der Waals surface area contributed by atoms with Crippen molar-refractivity contribution in [2.75, 3.05) is 10.6 Å². The number of carbonyl (C=O) groups is 1. The Morgan fingerprint density at radius 2 is 1.67 bits per heavy atom. The average Bonchev–Trinajstić information content (AvgIpc) is 2.44. The highest BCUT2D eigenvalue weighted by Crippen LogP contribution is 2.23. The number of nitrogens with one attached hydrogen (secondary N) is 2. The van der Waals surface area contributed by atoms with Crippen LogP contribution in [0.1, 0.15) is 13.3 Å². The van der Waals surface area contributed by atoms with Gasteiger partial charge < -0.3 is 10.6 Å². The third kappa shape index (κ3) is 4.66. The number of amides is 1. The van der Waals surface area contributed by atoms with Crippen LogP contribution < -0.4 is 10.6 Å². The Labute approximate surface area is 134 Å². The molecular weight excluding hydrogens is 307 g/mol. The number of carbonyl (C=O) groups excluding carboxylic acids is 1. The van der Waals surface area contributed by atoms with E-state index in [4.69, 9.17) is 23.2 Å². The fourth-order valence-electron chi connectivity index (χ4n) is 1.94. The van der Waals surface area contributed by atoms with Gasteiger partial charge in [0.1, 0.15) is 6.04 Å². The van der Waals surface area contributed by atoms with Crippen LogP contribution in [0.2, 0.25) is 10.0 Å². The summed E-state index contributed by atoms with van der Waals surface area (Å²) < 4.78 is 0. The zero-order valence-corrected chi connectivity index (χ0v) is 13.1. The summed E-state index contributed by atoms with van der Waals surface area (Å²) in [6, 6.07) is 14.1. The van der Waals surface area contributed by atoms with Gasteiger partial charge >= 0.3 is 0 Å². The zero-order valence-electron chi connectivity index (χ0n) is 11.6. The van der Waals surface area contributed by atoms with Gasteiger partial charge in [-0.1, -0.05) is 48.3 Å². The standard InChI is InChI=1S/C16H16Cl2N2O/c1-2-15(16(21)20-13-6-4-3-5-7-13)19-14-9-11(17)8-12(18)10-14/h3-10,15,19H,2H2,1H3,(H,20,21)/t15-/m1/s1. The second kappa shape index (κ2) is 7.34. The highest BCUT2D eigenvalue weighted by atomic mass is 35.5. The molecule has 0 aromatic heterocycles. The summed E-state index contributed by atoms with van der Waals surface area (Å²) in [4.78, 5) is 12.3. The summed E-state index contributed by atoms with van der Waals surface area (Å²) in [7, 11) is 0. The van der Waals surface area contributed by atoms with Crippen LogP contribution in [0.25, 0.3) is 0 Å². The molecule has 0 aliphatic rings. The molecule has 0 aliphatic heterocycles. The van der Waals surface area contributed by atoms with Crippen LogP contribution in [0.3, 0.4) is 0 Å². The molecule has 21 heavy (non-hydrogen) atoms. The lowest BCUT2D eigenvalue weighted by Gasteiger charge is -2.18. The second-order valence-electron chi connectivity index (χ2n) is 4.62. The molecule has 2 aromatic carbocycles. The van der Waals surface area contributed by atoms with Crippen molar-refractivity contribution < 1.29 is 4.79 Å². The van der Waals surface area contributed by atoms with Crippen molar-refractivity contribution in [1.29, 1.82) is 0 Å². The predicted octanol–water partition coefficient (Wildman–Crippen LogP) is 4.82. The number of para-hydroxylation sites is 1. The van der Waals surface area contributed by atoms with Gasteiger partial charge in [0, 0.05) is 21.4 Å². The van der Waals surface area contributed by atoms with Crippen LogP contribution in [-0.4, -0.2) is 11.9 Å². The molecule has 5 heteroatoms. The van der Waals surface area contributed by atoms with Gasteiger partial charge in [-0.2, -0.15) is 0 Å². The largest absolute Gasteiger partial charge is 0.374 e. The molecule has 3 nitrogen and oxygen atoms in total. The first-order valence-electron chi connectivity index (χ1n) is 6.67. The number of halogens is 2. The molecule has 0 heterocycles. The van der Waals surface area contributed by atoms with Crippen LogP contribution in [0.4, 0.5) is 11.4 Å². The maximum absolute atomic E-state index is 12.3. The molecule has 0 saturated heterocycles. The van der Waals surface area contributed by atoms with Crippen molar-refractivity contribution in [1.82, 2.24) is 0 Å². The van der Waals surface area contributed by atoms with Crippen molar-refractivity contribution in [2.24, 2.45) is 0 Å². The summed E-state index contributed by atoms with van der Waals surface area (Å²) in [6.45, 7) is 1.94. The van der Waals surface area contributed by atoms with Crippen molar-refractivity contribution in [2.45, 2.75) is 19.4 Å². The lowest BCUT2D eigenvalue weighted by molar-refractivity contribution is -0.116. The maximum Gasteiger partial charge on any atom is 0.246 e. The Balaban J connectivity index is 2.07. The number of hydrogen-bond acceptors (Lipinski definition) is 2. The Kier molecular flexibility index (Phi) is 5.48. The normalized spacial score (nSPS) is 11.8. The van der Waals surface area contributed by atoms with Crippen molar-refractivity contribution in [3.63, 3.8) is 0 Å². The Morgan fingerprint density at radius 3 is 2.24 bits per heavy atom. The van der Waals surface area contributed by atoms with E-state index in [2.05, 4.69) is 10.6 Å². The van der Waals surface area contributed by atoms with Crippen LogP contribution in [-0.2, 0) is 4.79 Å². The van der Waals surface area contributed by atoms with E-state index in [0.29, 0.717) is 16.5 Å². The van der Waals surface area contributed by atoms with Crippen LogP contribution in [0, 0.1) is 0 Å². The van der Waals surface area contributed by atoms with Crippen LogP contribution in [0.15, 0.2) is 48.5 Å². The first-order valence-corrected chi connectivity index (χ1v) is 7.42.